The van der Waals surface area contributed by atoms with Gasteiger partial charge in [-0.1, -0.05) is 37.3 Å². The van der Waals surface area contributed by atoms with Crippen molar-refractivity contribution in [2.45, 2.75) is 37.5 Å². The Kier molecular flexibility index (Phi) is 6.18. The minimum Gasteiger partial charge on any atom is -0.321 e. The minimum atomic E-state index is -0.148. The lowest BCUT2D eigenvalue weighted by Crippen LogP contribution is -2.21. The normalized spacial score (nSPS) is 11.0. The first-order valence-corrected chi connectivity index (χ1v) is 11.1. The summed E-state index contributed by atoms with van der Waals surface area (Å²) in [6, 6.07) is 16.7. The summed E-state index contributed by atoms with van der Waals surface area (Å²) in [5, 5.41) is 3.00. The fourth-order valence-corrected chi connectivity index (χ4v) is 4.23. The maximum absolute atomic E-state index is 12.7. The first kappa shape index (κ1) is 20.9. The standard InChI is InChI=1S/C23H23N5O2S/c1-3-12-27-15-24-23-25-17(13-21(29)28(23)27)14-31-20-11-7-6-10-19(20)26-22(30)18-9-5-4-8-16(18)2/h4-11,13,15H,3,12,14H2,1-2H3,(H,26,30). The summed E-state index contributed by atoms with van der Waals surface area (Å²) in [6.45, 7) is 4.67. The summed E-state index contributed by atoms with van der Waals surface area (Å²) < 4.78 is 3.27. The third-order valence-electron chi connectivity index (χ3n) is 4.85. The molecule has 0 unspecified atom stereocenters. The molecule has 0 saturated carbocycles. The fourth-order valence-electron chi connectivity index (χ4n) is 3.33. The molecule has 0 fully saturated rings. The van der Waals surface area contributed by atoms with Gasteiger partial charge in [-0.2, -0.15) is 9.50 Å². The van der Waals surface area contributed by atoms with E-state index >= 15 is 0 Å². The molecule has 1 amide bonds. The number of anilines is 1. The van der Waals surface area contributed by atoms with Crippen LogP contribution in [0.15, 0.2) is 70.6 Å². The molecule has 0 radical (unpaired) electrons. The van der Waals surface area contributed by atoms with Gasteiger partial charge in [-0.15, -0.1) is 11.8 Å². The molecule has 4 rings (SSSR count). The third kappa shape index (κ3) is 4.54. The van der Waals surface area contributed by atoms with Gasteiger partial charge in [0.2, 0.25) is 0 Å². The Labute approximate surface area is 184 Å². The molecule has 1 N–H and O–H groups in total. The maximum Gasteiger partial charge on any atom is 0.274 e. The lowest BCUT2D eigenvalue weighted by molar-refractivity contribution is 0.102. The molecule has 158 valence electrons. The van der Waals surface area contributed by atoms with Crippen molar-refractivity contribution in [2.75, 3.05) is 5.32 Å². The Morgan fingerprint density at radius 3 is 2.71 bits per heavy atom. The number of aromatic nitrogens is 4. The summed E-state index contributed by atoms with van der Waals surface area (Å²) >= 11 is 1.52. The number of nitrogens with one attached hydrogen (secondary N) is 1. The number of amides is 1. The van der Waals surface area contributed by atoms with Crippen molar-refractivity contribution in [1.29, 1.82) is 0 Å². The number of hydrogen-bond acceptors (Lipinski definition) is 5. The predicted octanol–water partition coefficient (Wildman–Crippen LogP) is 4.15. The number of benzene rings is 2. The van der Waals surface area contributed by atoms with Crippen LogP contribution in [-0.4, -0.2) is 25.1 Å². The van der Waals surface area contributed by atoms with Crippen LogP contribution < -0.4 is 10.9 Å². The Morgan fingerprint density at radius 1 is 1.13 bits per heavy atom. The highest BCUT2D eigenvalue weighted by Crippen LogP contribution is 2.29. The number of hydrogen-bond donors (Lipinski definition) is 1. The second kappa shape index (κ2) is 9.18. The van der Waals surface area contributed by atoms with Crippen molar-refractivity contribution in [3.05, 3.63) is 88.1 Å². The first-order valence-electron chi connectivity index (χ1n) is 10.1. The molecule has 2 aromatic carbocycles. The number of thioether (sulfide) groups is 1. The van der Waals surface area contributed by atoms with Gasteiger partial charge < -0.3 is 5.32 Å². The number of carbonyl (C=O) groups excluding carboxylic acids is 1. The van der Waals surface area contributed by atoms with Gasteiger partial charge in [0, 0.05) is 28.8 Å². The summed E-state index contributed by atoms with van der Waals surface area (Å²) in [5.74, 6) is 0.743. The summed E-state index contributed by atoms with van der Waals surface area (Å²) in [7, 11) is 0. The van der Waals surface area contributed by atoms with E-state index in [-0.39, 0.29) is 11.5 Å². The molecule has 4 aromatic rings. The number of carbonyl (C=O) groups is 1. The van der Waals surface area contributed by atoms with Crippen LogP contribution in [0, 0.1) is 6.92 Å². The summed E-state index contributed by atoms with van der Waals surface area (Å²) in [4.78, 5) is 35.0. The molecule has 31 heavy (non-hydrogen) atoms. The zero-order chi connectivity index (χ0) is 21.8. The summed E-state index contributed by atoms with van der Waals surface area (Å²) in [6.07, 6.45) is 2.54. The van der Waals surface area contributed by atoms with Crippen molar-refractivity contribution in [3.8, 4) is 0 Å². The predicted molar refractivity (Wildman–Crippen MR) is 123 cm³/mol. The van der Waals surface area contributed by atoms with Crippen molar-refractivity contribution >= 4 is 29.1 Å². The molecule has 0 saturated heterocycles. The number of aryl methyl sites for hydroxylation is 2. The Balaban J connectivity index is 1.53. The Morgan fingerprint density at radius 2 is 1.90 bits per heavy atom. The molecule has 0 aliphatic heterocycles. The van der Waals surface area contributed by atoms with E-state index in [1.165, 1.54) is 16.3 Å². The highest BCUT2D eigenvalue weighted by atomic mass is 32.2. The van der Waals surface area contributed by atoms with Crippen LogP contribution in [0.3, 0.4) is 0 Å². The van der Waals surface area contributed by atoms with Gasteiger partial charge in [-0.05, 0) is 37.1 Å². The SMILES string of the molecule is CCCn1cnc2nc(CSc3ccccc3NC(=O)c3ccccc3C)cc(=O)n21. The van der Waals surface area contributed by atoms with E-state index in [1.54, 1.807) is 17.1 Å². The van der Waals surface area contributed by atoms with Crippen LogP contribution in [0.25, 0.3) is 5.78 Å². The molecule has 0 atom stereocenters. The van der Waals surface area contributed by atoms with E-state index in [0.29, 0.717) is 29.3 Å². The van der Waals surface area contributed by atoms with Gasteiger partial charge in [0.05, 0.1) is 11.4 Å². The van der Waals surface area contributed by atoms with Gasteiger partial charge >= 0.3 is 0 Å². The molecule has 0 aliphatic rings. The van der Waals surface area contributed by atoms with Crippen LogP contribution >= 0.6 is 11.8 Å². The van der Waals surface area contributed by atoms with Crippen LogP contribution in [0.1, 0.15) is 35.0 Å². The van der Waals surface area contributed by atoms with E-state index in [1.807, 2.05) is 62.4 Å². The molecular formula is C23H23N5O2S. The Hall–Kier alpha value is -3.39. The van der Waals surface area contributed by atoms with Crippen LogP contribution in [0.5, 0.6) is 0 Å². The van der Waals surface area contributed by atoms with Crippen LogP contribution in [0.4, 0.5) is 5.69 Å². The maximum atomic E-state index is 12.7. The number of fused-ring (bicyclic) bond motifs is 1. The lowest BCUT2D eigenvalue weighted by atomic mass is 10.1. The number of para-hydroxylation sites is 1. The average molecular weight is 434 g/mol. The fraction of sp³-hybridized carbons (Fsp3) is 0.217. The van der Waals surface area contributed by atoms with Crippen LogP contribution in [0.2, 0.25) is 0 Å². The highest BCUT2D eigenvalue weighted by Gasteiger charge is 2.13. The lowest BCUT2D eigenvalue weighted by Gasteiger charge is -2.12. The van der Waals surface area contributed by atoms with E-state index in [2.05, 4.69) is 15.3 Å². The van der Waals surface area contributed by atoms with Gasteiger partial charge in [0.1, 0.15) is 6.33 Å². The molecule has 2 heterocycles. The molecular weight excluding hydrogens is 410 g/mol. The topological polar surface area (TPSA) is 81.3 Å². The van der Waals surface area contributed by atoms with Gasteiger partial charge in [-0.25, -0.2) is 4.98 Å². The smallest absolute Gasteiger partial charge is 0.274 e. The average Bonchev–Trinajstić information content (AvgIpc) is 3.17. The van der Waals surface area contributed by atoms with E-state index < -0.39 is 0 Å². The van der Waals surface area contributed by atoms with Gasteiger partial charge in [0.15, 0.2) is 0 Å². The second-order valence-corrected chi connectivity index (χ2v) is 8.18. The minimum absolute atomic E-state index is 0.146. The van der Waals surface area contributed by atoms with Gasteiger partial charge in [0.25, 0.3) is 17.2 Å². The molecule has 7 nitrogen and oxygen atoms in total. The van der Waals surface area contributed by atoms with E-state index in [9.17, 15) is 9.59 Å². The highest BCUT2D eigenvalue weighted by molar-refractivity contribution is 7.98. The molecule has 0 spiro atoms. The quantitative estimate of drug-likeness (QED) is 0.443. The zero-order valence-electron chi connectivity index (χ0n) is 17.4. The number of rotatable bonds is 7. The van der Waals surface area contributed by atoms with Crippen LogP contribution in [-0.2, 0) is 12.3 Å². The summed E-state index contributed by atoms with van der Waals surface area (Å²) in [5.41, 5.74) is 2.80. The van der Waals surface area contributed by atoms with Crippen molar-refractivity contribution in [2.24, 2.45) is 0 Å². The second-order valence-electron chi connectivity index (χ2n) is 7.16. The van der Waals surface area contributed by atoms with E-state index in [0.717, 1.165) is 22.6 Å². The molecule has 0 bridgehead atoms. The van der Waals surface area contributed by atoms with Crippen molar-refractivity contribution < 1.29 is 4.79 Å². The Bertz CT molecular complexity index is 1290. The monoisotopic (exact) mass is 433 g/mol. The molecule has 0 aliphatic carbocycles. The molecule has 2 aromatic heterocycles. The first-order chi connectivity index (χ1) is 15.1. The largest absolute Gasteiger partial charge is 0.321 e. The van der Waals surface area contributed by atoms with Crippen molar-refractivity contribution in [3.63, 3.8) is 0 Å². The zero-order valence-corrected chi connectivity index (χ0v) is 18.2. The van der Waals surface area contributed by atoms with Crippen molar-refractivity contribution in [1.82, 2.24) is 19.2 Å². The number of nitrogens with zero attached hydrogens (tertiary/aromatic N) is 4. The van der Waals surface area contributed by atoms with Gasteiger partial charge in [-0.3, -0.25) is 14.3 Å². The third-order valence-corrected chi connectivity index (χ3v) is 5.96. The van der Waals surface area contributed by atoms with E-state index in [4.69, 9.17) is 0 Å². The molecule has 8 heteroatoms.